The molecule has 8 heteroatoms. The first-order chi connectivity index (χ1) is 11.5. The second-order valence-electron chi connectivity index (χ2n) is 5.08. The minimum absolute atomic E-state index is 0.171. The van der Waals surface area contributed by atoms with Crippen LogP contribution in [0.2, 0.25) is 0 Å². The van der Waals surface area contributed by atoms with Crippen LogP contribution < -0.4 is 10.6 Å². The molecule has 2 rings (SSSR count). The molecule has 1 aromatic heterocycles. The van der Waals surface area contributed by atoms with Crippen LogP contribution in [0, 0.1) is 17.0 Å². The standard InChI is InChI=1S/C16H18N4O4/c1-11-3-6-15(18-10-11)19-16(21)12-4-5-13(17-7-8-24-2)14(9-12)20(22)23/h3-6,9-10,17H,7-8H2,1-2H3,(H,18,19,21). The predicted octanol–water partition coefficient (Wildman–Crippen LogP) is 2.61. The van der Waals surface area contributed by atoms with E-state index in [1.807, 2.05) is 13.0 Å². The van der Waals surface area contributed by atoms with Gasteiger partial charge in [0.15, 0.2) is 0 Å². The van der Waals surface area contributed by atoms with Crippen molar-refractivity contribution >= 4 is 23.1 Å². The number of rotatable bonds is 7. The van der Waals surface area contributed by atoms with Gasteiger partial charge in [-0.05, 0) is 30.7 Å². The summed E-state index contributed by atoms with van der Waals surface area (Å²) in [7, 11) is 1.54. The summed E-state index contributed by atoms with van der Waals surface area (Å²) in [6.45, 7) is 2.73. The molecule has 0 radical (unpaired) electrons. The molecule has 0 unspecified atom stereocenters. The summed E-state index contributed by atoms with van der Waals surface area (Å²) < 4.78 is 4.90. The van der Waals surface area contributed by atoms with Gasteiger partial charge in [0.05, 0.1) is 11.5 Å². The molecule has 0 saturated heterocycles. The van der Waals surface area contributed by atoms with Crippen molar-refractivity contribution in [3.8, 4) is 0 Å². The van der Waals surface area contributed by atoms with Crippen molar-refractivity contribution in [1.29, 1.82) is 0 Å². The number of benzene rings is 1. The number of nitrogens with zero attached hydrogens (tertiary/aromatic N) is 2. The van der Waals surface area contributed by atoms with Crippen LogP contribution in [-0.2, 0) is 4.74 Å². The Hall–Kier alpha value is -3.00. The largest absolute Gasteiger partial charge is 0.383 e. The Kier molecular flexibility index (Phi) is 5.80. The first kappa shape index (κ1) is 17.4. The maximum atomic E-state index is 12.2. The highest BCUT2D eigenvalue weighted by Crippen LogP contribution is 2.25. The highest BCUT2D eigenvalue weighted by Gasteiger charge is 2.17. The number of hydrogen-bond donors (Lipinski definition) is 2. The lowest BCUT2D eigenvalue weighted by atomic mass is 10.1. The first-order valence-corrected chi connectivity index (χ1v) is 7.26. The molecule has 0 fully saturated rings. The van der Waals surface area contributed by atoms with E-state index in [2.05, 4.69) is 15.6 Å². The lowest BCUT2D eigenvalue weighted by molar-refractivity contribution is -0.384. The van der Waals surface area contributed by atoms with Crippen molar-refractivity contribution in [1.82, 2.24) is 4.98 Å². The van der Waals surface area contributed by atoms with Crippen molar-refractivity contribution in [3.05, 3.63) is 57.8 Å². The number of nitro benzene ring substituents is 1. The third kappa shape index (κ3) is 4.50. The Balaban J connectivity index is 2.17. The van der Waals surface area contributed by atoms with Gasteiger partial charge in [-0.25, -0.2) is 4.98 Å². The molecular weight excluding hydrogens is 312 g/mol. The van der Waals surface area contributed by atoms with Crippen LogP contribution in [0.1, 0.15) is 15.9 Å². The lowest BCUT2D eigenvalue weighted by Gasteiger charge is -2.09. The third-order valence-electron chi connectivity index (χ3n) is 3.23. The van der Waals surface area contributed by atoms with Gasteiger partial charge in [0.25, 0.3) is 11.6 Å². The summed E-state index contributed by atoms with van der Waals surface area (Å²) in [5.74, 6) is -0.0755. The van der Waals surface area contributed by atoms with E-state index in [0.717, 1.165) is 5.56 Å². The first-order valence-electron chi connectivity index (χ1n) is 7.26. The van der Waals surface area contributed by atoms with Crippen molar-refractivity contribution in [2.45, 2.75) is 6.92 Å². The van der Waals surface area contributed by atoms with Gasteiger partial charge >= 0.3 is 0 Å². The minimum Gasteiger partial charge on any atom is -0.383 e. The molecule has 1 heterocycles. The molecule has 0 aliphatic rings. The Morgan fingerprint density at radius 1 is 1.33 bits per heavy atom. The molecule has 0 aliphatic heterocycles. The van der Waals surface area contributed by atoms with Gasteiger partial charge < -0.3 is 15.4 Å². The monoisotopic (exact) mass is 330 g/mol. The minimum atomic E-state index is -0.532. The smallest absolute Gasteiger partial charge is 0.293 e. The third-order valence-corrected chi connectivity index (χ3v) is 3.23. The SMILES string of the molecule is COCCNc1ccc(C(=O)Nc2ccc(C)cn2)cc1[N+](=O)[O-]. The quantitative estimate of drug-likeness (QED) is 0.459. The Morgan fingerprint density at radius 2 is 2.12 bits per heavy atom. The number of amides is 1. The Labute approximate surface area is 139 Å². The van der Waals surface area contributed by atoms with Gasteiger partial charge in [-0.1, -0.05) is 6.07 Å². The van der Waals surface area contributed by atoms with Crippen LogP contribution >= 0.6 is 0 Å². The fourth-order valence-electron chi connectivity index (χ4n) is 1.99. The van der Waals surface area contributed by atoms with Crippen molar-refractivity contribution in [2.75, 3.05) is 30.9 Å². The number of nitrogens with one attached hydrogen (secondary N) is 2. The Bertz CT molecular complexity index is 731. The maximum absolute atomic E-state index is 12.2. The van der Waals surface area contributed by atoms with E-state index in [0.29, 0.717) is 24.7 Å². The van der Waals surface area contributed by atoms with E-state index < -0.39 is 10.8 Å². The van der Waals surface area contributed by atoms with Crippen molar-refractivity contribution < 1.29 is 14.5 Å². The van der Waals surface area contributed by atoms with E-state index in [4.69, 9.17) is 4.74 Å². The topological polar surface area (TPSA) is 106 Å². The molecule has 0 bridgehead atoms. The highest BCUT2D eigenvalue weighted by molar-refractivity contribution is 6.04. The molecule has 0 spiro atoms. The fraction of sp³-hybridized carbons (Fsp3) is 0.250. The normalized spacial score (nSPS) is 10.2. The molecule has 0 aliphatic carbocycles. The average Bonchev–Trinajstić information content (AvgIpc) is 2.57. The summed E-state index contributed by atoms with van der Waals surface area (Å²) in [5.41, 5.74) is 1.31. The van der Waals surface area contributed by atoms with E-state index in [9.17, 15) is 14.9 Å². The number of anilines is 2. The molecule has 24 heavy (non-hydrogen) atoms. The van der Waals surface area contributed by atoms with E-state index in [-0.39, 0.29) is 11.3 Å². The number of nitro groups is 1. The van der Waals surface area contributed by atoms with E-state index >= 15 is 0 Å². The van der Waals surface area contributed by atoms with Crippen LogP contribution in [0.4, 0.5) is 17.2 Å². The molecule has 8 nitrogen and oxygen atoms in total. The predicted molar refractivity (Wildman–Crippen MR) is 90.4 cm³/mol. The molecule has 2 N–H and O–H groups in total. The number of ether oxygens (including phenoxy) is 1. The average molecular weight is 330 g/mol. The van der Waals surface area contributed by atoms with E-state index in [1.165, 1.54) is 18.2 Å². The maximum Gasteiger partial charge on any atom is 0.293 e. The summed E-state index contributed by atoms with van der Waals surface area (Å²) in [6.07, 6.45) is 1.63. The Morgan fingerprint density at radius 3 is 2.75 bits per heavy atom. The number of carbonyl (C=O) groups is 1. The van der Waals surface area contributed by atoms with Crippen LogP contribution in [0.5, 0.6) is 0 Å². The number of hydrogen-bond acceptors (Lipinski definition) is 6. The van der Waals surface area contributed by atoms with Crippen molar-refractivity contribution in [2.24, 2.45) is 0 Å². The number of aryl methyl sites for hydroxylation is 1. The number of methoxy groups -OCH3 is 1. The lowest BCUT2D eigenvalue weighted by Crippen LogP contribution is -2.14. The second-order valence-corrected chi connectivity index (χ2v) is 5.08. The zero-order chi connectivity index (χ0) is 17.5. The summed E-state index contributed by atoms with van der Waals surface area (Å²) >= 11 is 0. The number of pyridine rings is 1. The molecule has 0 atom stereocenters. The van der Waals surface area contributed by atoms with Gasteiger partial charge in [0, 0.05) is 31.5 Å². The van der Waals surface area contributed by atoms with E-state index in [1.54, 1.807) is 19.4 Å². The van der Waals surface area contributed by atoms with Gasteiger partial charge in [-0.3, -0.25) is 14.9 Å². The summed E-state index contributed by atoms with van der Waals surface area (Å²) in [4.78, 5) is 27.0. The highest BCUT2D eigenvalue weighted by atomic mass is 16.6. The molecular formula is C16H18N4O4. The zero-order valence-corrected chi connectivity index (χ0v) is 13.4. The van der Waals surface area contributed by atoms with Gasteiger partial charge in [0.1, 0.15) is 11.5 Å². The summed E-state index contributed by atoms with van der Waals surface area (Å²) in [5, 5.41) is 16.7. The second kappa shape index (κ2) is 8.02. The number of carbonyl (C=O) groups excluding carboxylic acids is 1. The van der Waals surface area contributed by atoms with Gasteiger partial charge in [-0.15, -0.1) is 0 Å². The van der Waals surface area contributed by atoms with Crippen LogP contribution in [0.25, 0.3) is 0 Å². The van der Waals surface area contributed by atoms with Crippen LogP contribution in [-0.4, -0.2) is 36.1 Å². The molecule has 2 aromatic rings. The molecule has 126 valence electrons. The molecule has 1 aromatic carbocycles. The van der Waals surface area contributed by atoms with Gasteiger partial charge in [-0.2, -0.15) is 0 Å². The number of aromatic nitrogens is 1. The van der Waals surface area contributed by atoms with Gasteiger partial charge in [0.2, 0.25) is 0 Å². The van der Waals surface area contributed by atoms with Crippen LogP contribution in [0.15, 0.2) is 36.5 Å². The fourth-order valence-corrected chi connectivity index (χ4v) is 1.99. The molecule has 1 amide bonds. The molecule has 0 saturated carbocycles. The van der Waals surface area contributed by atoms with Crippen molar-refractivity contribution in [3.63, 3.8) is 0 Å². The van der Waals surface area contributed by atoms with Crippen LogP contribution in [0.3, 0.4) is 0 Å². The zero-order valence-electron chi connectivity index (χ0n) is 13.4. The summed E-state index contributed by atoms with van der Waals surface area (Å²) in [6, 6.07) is 7.74.